The van der Waals surface area contributed by atoms with Crippen molar-refractivity contribution in [1.82, 2.24) is 10.2 Å². The number of halogens is 1. The first-order valence-electron chi connectivity index (χ1n) is 13.6. The van der Waals surface area contributed by atoms with E-state index in [9.17, 15) is 15.0 Å². The number of likely N-dealkylation sites (tertiary alicyclic amines) is 1. The van der Waals surface area contributed by atoms with E-state index in [-0.39, 0.29) is 25.0 Å². The number of rotatable bonds is 9. The quantitative estimate of drug-likeness (QED) is 0.358. The zero-order chi connectivity index (χ0) is 28.1. The van der Waals surface area contributed by atoms with Crippen LogP contribution in [0.4, 0.5) is 0 Å². The molecule has 1 saturated heterocycles. The zero-order valence-corrected chi connectivity index (χ0v) is 23.3. The van der Waals surface area contributed by atoms with Crippen LogP contribution in [0.3, 0.4) is 0 Å². The number of aliphatic hydroxyl groups is 2. The number of carbonyl (C=O) groups is 1. The molecule has 9 heteroatoms. The van der Waals surface area contributed by atoms with Gasteiger partial charge in [0.2, 0.25) is 5.91 Å². The Kier molecular flexibility index (Phi) is 9.11. The Labute approximate surface area is 239 Å². The van der Waals surface area contributed by atoms with Crippen molar-refractivity contribution in [3.63, 3.8) is 0 Å². The number of nitrogens with one attached hydrogen (secondary N) is 1. The summed E-state index contributed by atoms with van der Waals surface area (Å²) in [6.07, 6.45) is 1.44. The number of methoxy groups -OCH3 is 1. The number of aliphatic hydroxyl groups excluding tert-OH is 2. The summed E-state index contributed by atoms with van der Waals surface area (Å²) in [4.78, 5) is 14.8. The predicted molar refractivity (Wildman–Crippen MR) is 154 cm³/mol. The number of fused-ring (bicyclic) bond motifs is 1. The average molecular weight is 567 g/mol. The van der Waals surface area contributed by atoms with Gasteiger partial charge in [-0.05, 0) is 55.3 Å². The Bertz CT molecular complexity index is 1340. The second-order valence-corrected chi connectivity index (χ2v) is 10.6. The standard InChI is InChI=1S/C31H35ClN2O6/c1-38-28-15-21(5-6-23(28)17-34-11-9-20(10-12-34)31(37)33-24(18-35)19-36)25-3-2-4-26(30(25)32)22-7-8-27-29(16-22)40-14-13-39-27/h2-8,15-16,20,24,35-36H,9-14,17-19H2,1H3,(H,33,37). The third-order valence-corrected chi connectivity index (χ3v) is 8.00. The van der Waals surface area contributed by atoms with Crippen molar-refractivity contribution in [2.45, 2.75) is 25.4 Å². The van der Waals surface area contributed by atoms with Crippen LogP contribution in [0.1, 0.15) is 18.4 Å². The van der Waals surface area contributed by atoms with E-state index in [1.54, 1.807) is 7.11 Å². The normalized spacial score (nSPS) is 15.7. The summed E-state index contributed by atoms with van der Waals surface area (Å²) in [5.74, 6) is 2.02. The summed E-state index contributed by atoms with van der Waals surface area (Å²) in [5.41, 5.74) is 4.81. The topological polar surface area (TPSA) is 100 Å². The SMILES string of the molecule is COc1cc(-c2cccc(-c3ccc4c(c3)OCCO4)c2Cl)ccc1CN1CCC(C(=O)NC(CO)CO)CC1. The molecule has 2 aliphatic heterocycles. The molecule has 212 valence electrons. The largest absolute Gasteiger partial charge is 0.496 e. The molecule has 0 saturated carbocycles. The molecule has 0 aromatic heterocycles. The molecule has 8 nitrogen and oxygen atoms in total. The van der Waals surface area contributed by atoms with E-state index < -0.39 is 6.04 Å². The number of hydrogen-bond acceptors (Lipinski definition) is 7. The Hall–Kier alpha value is -3.30. The summed E-state index contributed by atoms with van der Waals surface area (Å²) in [7, 11) is 1.67. The van der Waals surface area contributed by atoms with Gasteiger partial charge in [-0.1, -0.05) is 48.0 Å². The van der Waals surface area contributed by atoms with Crippen molar-refractivity contribution < 1.29 is 29.2 Å². The molecule has 2 aliphatic rings. The molecule has 0 bridgehead atoms. The van der Waals surface area contributed by atoms with E-state index in [1.165, 1.54) is 0 Å². The Balaban J connectivity index is 1.28. The summed E-state index contributed by atoms with van der Waals surface area (Å²) in [5, 5.41) is 21.8. The Morgan fingerprint density at radius 3 is 2.33 bits per heavy atom. The molecule has 3 N–H and O–H groups in total. The number of piperidine rings is 1. The first kappa shape index (κ1) is 28.2. The molecule has 5 rings (SSSR count). The predicted octanol–water partition coefficient (Wildman–Crippen LogP) is 4.14. The fourth-order valence-corrected chi connectivity index (χ4v) is 5.64. The minimum absolute atomic E-state index is 0.106. The van der Waals surface area contributed by atoms with Gasteiger partial charge in [0.1, 0.15) is 19.0 Å². The smallest absolute Gasteiger partial charge is 0.223 e. The number of benzene rings is 3. The lowest BCUT2D eigenvalue weighted by atomic mass is 9.94. The van der Waals surface area contributed by atoms with E-state index in [4.69, 9.17) is 25.8 Å². The first-order chi connectivity index (χ1) is 19.5. The number of ether oxygens (including phenoxy) is 3. The van der Waals surface area contributed by atoms with Crippen molar-refractivity contribution in [1.29, 1.82) is 0 Å². The third kappa shape index (κ3) is 6.20. The molecule has 40 heavy (non-hydrogen) atoms. The number of amides is 1. The van der Waals surface area contributed by atoms with Crippen LogP contribution in [0.5, 0.6) is 17.2 Å². The highest BCUT2D eigenvalue weighted by Crippen LogP contribution is 2.41. The van der Waals surface area contributed by atoms with Crippen LogP contribution in [-0.4, -0.2) is 73.7 Å². The van der Waals surface area contributed by atoms with Crippen molar-refractivity contribution >= 4 is 17.5 Å². The van der Waals surface area contributed by atoms with Crippen molar-refractivity contribution in [2.24, 2.45) is 5.92 Å². The number of hydrogen-bond donors (Lipinski definition) is 3. The van der Waals surface area contributed by atoms with E-state index in [0.717, 1.165) is 71.0 Å². The summed E-state index contributed by atoms with van der Waals surface area (Å²) >= 11 is 6.96. The summed E-state index contributed by atoms with van der Waals surface area (Å²) < 4.78 is 17.2. The van der Waals surface area contributed by atoms with Gasteiger partial charge in [-0.15, -0.1) is 0 Å². The third-order valence-electron chi connectivity index (χ3n) is 7.59. The lowest BCUT2D eigenvalue weighted by Crippen LogP contribution is -2.46. The Morgan fingerprint density at radius 2 is 1.65 bits per heavy atom. The molecule has 1 amide bonds. The molecular weight excluding hydrogens is 532 g/mol. The zero-order valence-electron chi connectivity index (χ0n) is 22.6. The lowest BCUT2D eigenvalue weighted by molar-refractivity contribution is -0.127. The van der Waals surface area contributed by atoms with Crippen molar-refractivity contribution in [3.8, 4) is 39.5 Å². The van der Waals surface area contributed by atoms with Gasteiger partial charge in [0.15, 0.2) is 11.5 Å². The summed E-state index contributed by atoms with van der Waals surface area (Å²) in [6.45, 7) is 2.78. The lowest BCUT2D eigenvalue weighted by Gasteiger charge is -2.32. The minimum atomic E-state index is -0.607. The van der Waals surface area contributed by atoms with Crippen LogP contribution in [0.2, 0.25) is 5.02 Å². The highest BCUT2D eigenvalue weighted by molar-refractivity contribution is 6.36. The van der Waals surface area contributed by atoms with Crippen LogP contribution in [0.15, 0.2) is 54.6 Å². The van der Waals surface area contributed by atoms with Crippen molar-refractivity contribution in [3.05, 3.63) is 65.2 Å². The maximum atomic E-state index is 12.5. The van der Waals surface area contributed by atoms with E-state index in [0.29, 0.717) is 24.8 Å². The fourth-order valence-electron chi connectivity index (χ4n) is 5.29. The monoisotopic (exact) mass is 566 g/mol. The van der Waals surface area contributed by atoms with Gasteiger partial charge < -0.3 is 29.7 Å². The fraction of sp³-hybridized carbons (Fsp3) is 0.387. The molecule has 0 radical (unpaired) electrons. The van der Waals surface area contributed by atoms with Gasteiger partial charge in [-0.25, -0.2) is 0 Å². The van der Waals surface area contributed by atoms with Gasteiger partial charge in [-0.2, -0.15) is 0 Å². The van der Waals surface area contributed by atoms with Gasteiger partial charge >= 0.3 is 0 Å². The Morgan fingerprint density at radius 1 is 1.00 bits per heavy atom. The number of nitrogens with zero attached hydrogens (tertiary/aromatic N) is 1. The minimum Gasteiger partial charge on any atom is -0.496 e. The average Bonchev–Trinajstić information content (AvgIpc) is 3.00. The van der Waals surface area contributed by atoms with Gasteiger partial charge in [0.05, 0.1) is 31.4 Å². The van der Waals surface area contributed by atoms with Gasteiger partial charge in [0.25, 0.3) is 0 Å². The second kappa shape index (κ2) is 12.9. The molecule has 0 spiro atoms. The first-order valence-corrected chi connectivity index (χ1v) is 14.0. The number of carbonyl (C=O) groups excluding carboxylic acids is 1. The van der Waals surface area contributed by atoms with E-state index in [2.05, 4.69) is 22.3 Å². The maximum Gasteiger partial charge on any atom is 0.223 e. The van der Waals surface area contributed by atoms with Crippen LogP contribution >= 0.6 is 11.6 Å². The molecular formula is C31H35ClN2O6. The van der Waals surface area contributed by atoms with Crippen molar-refractivity contribution in [2.75, 3.05) is 46.6 Å². The molecule has 0 atom stereocenters. The van der Waals surface area contributed by atoms with Gasteiger partial charge in [-0.3, -0.25) is 9.69 Å². The second-order valence-electron chi connectivity index (χ2n) is 10.2. The highest BCUT2D eigenvalue weighted by atomic mass is 35.5. The molecule has 0 unspecified atom stereocenters. The van der Waals surface area contributed by atoms with Crippen LogP contribution in [0.25, 0.3) is 22.3 Å². The van der Waals surface area contributed by atoms with Crippen LogP contribution < -0.4 is 19.5 Å². The highest BCUT2D eigenvalue weighted by Gasteiger charge is 2.27. The van der Waals surface area contributed by atoms with E-state index in [1.807, 2.05) is 42.5 Å². The molecule has 2 heterocycles. The van der Waals surface area contributed by atoms with Crippen LogP contribution in [0, 0.1) is 5.92 Å². The molecule has 3 aromatic carbocycles. The molecule has 1 fully saturated rings. The summed E-state index contributed by atoms with van der Waals surface area (Å²) in [6, 6.07) is 17.4. The maximum absolute atomic E-state index is 12.5. The van der Waals surface area contributed by atoms with Crippen LogP contribution in [-0.2, 0) is 11.3 Å². The van der Waals surface area contributed by atoms with Gasteiger partial charge in [0, 0.05) is 29.2 Å². The molecule has 3 aromatic rings. The molecule has 0 aliphatic carbocycles. The van der Waals surface area contributed by atoms with E-state index >= 15 is 0 Å².